The molecule has 0 saturated heterocycles. The molecule has 0 radical (unpaired) electrons. The summed E-state index contributed by atoms with van der Waals surface area (Å²) in [5.74, 6) is 0.813. The number of hydrogen-bond donors (Lipinski definition) is 0. The predicted molar refractivity (Wildman–Crippen MR) is 85.8 cm³/mol. The quantitative estimate of drug-likeness (QED) is 0.796. The number of carbonyl (C=O) groups excluding carboxylic acids is 1. The molecule has 0 unspecified atom stereocenters. The molecule has 2 aromatic rings. The smallest absolute Gasteiger partial charge is 0.229 e. The van der Waals surface area contributed by atoms with Crippen molar-refractivity contribution in [2.24, 2.45) is 5.10 Å². The Labute approximate surface area is 129 Å². The second-order valence-electron chi connectivity index (χ2n) is 4.96. The van der Waals surface area contributed by atoms with Gasteiger partial charge in [0.15, 0.2) is 0 Å². The molecule has 0 saturated carbocycles. The molecule has 3 rings (SSSR count). The highest BCUT2D eigenvalue weighted by Crippen LogP contribution is 2.22. The van der Waals surface area contributed by atoms with Crippen LogP contribution in [0.4, 0.5) is 5.69 Å². The van der Waals surface area contributed by atoms with Crippen molar-refractivity contribution >= 4 is 18.4 Å². The second-order valence-corrected chi connectivity index (χ2v) is 4.96. The van der Waals surface area contributed by atoms with Crippen LogP contribution in [-0.4, -0.2) is 30.8 Å². The summed E-state index contributed by atoms with van der Waals surface area (Å²) in [5.41, 5.74) is 2.13. The minimum absolute atomic E-state index is 0.539. The van der Waals surface area contributed by atoms with Gasteiger partial charge in [0.1, 0.15) is 18.7 Å². The lowest BCUT2D eigenvalue weighted by Gasteiger charge is -2.26. The molecule has 0 spiro atoms. The van der Waals surface area contributed by atoms with Gasteiger partial charge in [0, 0.05) is 18.3 Å². The number of ether oxygens (including phenoxy) is 1. The largest absolute Gasteiger partial charge is 0.489 e. The third-order valence-corrected chi connectivity index (χ3v) is 3.43. The summed E-state index contributed by atoms with van der Waals surface area (Å²) >= 11 is 0. The van der Waals surface area contributed by atoms with E-state index in [4.69, 9.17) is 4.74 Å². The van der Waals surface area contributed by atoms with E-state index < -0.39 is 0 Å². The van der Waals surface area contributed by atoms with Crippen LogP contribution in [0.2, 0.25) is 0 Å². The van der Waals surface area contributed by atoms with Gasteiger partial charge in [-0.25, -0.2) is 5.01 Å². The Morgan fingerprint density at radius 2 is 1.95 bits per heavy atom. The highest BCUT2D eigenvalue weighted by molar-refractivity contribution is 5.80. The summed E-state index contributed by atoms with van der Waals surface area (Å²) in [6.45, 7) is 1.83. The van der Waals surface area contributed by atoms with Crippen molar-refractivity contribution in [1.29, 1.82) is 0 Å². The Bertz CT molecular complexity index is 658. The van der Waals surface area contributed by atoms with E-state index in [1.54, 1.807) is 6.34 Å². The standard InChI is InChI=1S/C17H17N3O2/c21-14-20-10-9-19(13-18-20)16-7-4-8-17(11-16)22-12-15-5-2-1-3-6-15/h1-8,11,13-14H,9-10,12H2. The van der Waals surface area contributed by atoms with Gasteiger partial charge in [0.05, 0.1) is 6.54 Å². The summed E-state index contributed by atoms with van der Waals surface area (Å²) in [4.78, 5) is 12.6. The van der Waals surface area contributed by atoms with Crippen LogP contribution >= 0.6 is 0 Å². The second kappa shape index (κ2) is 6.76. The van der Waals surface area contributed by atoms with Crippen LogP contribution in [0, 0.1) is 0 Å². The predicted octanol–water partition coefficient (Wildman–Crippen LogP) is 2.49. The van der Waals surface area contributed by atoms with Crippen LogP contribution in [0.3, 0.4) is 0 Å². The average Bonchev–Trinajstić information content (AvgIpc) is 2.61. The molecule has 2 aromatic carbocycles. The third-order valence-electron chi connectivity index (χ3n) is 3.43. The minimum atomic E-state index is 0.539. The highest BCUT2D eigenvalue weighted by Gasteiger charge is 2.12. The van der Waals surface area contributed by atoms with E-state index in [-0.39, 0.29) is 0 Å². The Morgan fingerprint density at radius 3 is 2.68 bits per heavy atom. The van der Waals surface area contributed by atoms with Crippen molar-refractivity contribution in [2.45, 2.75) is 6.61 Å². The normalized spacial score (nSPS) is 14.0. The monoisotopic (exact) mass is 295 g/mol. The van der Waals surface area contributed by atoms with Crippen LogP contribution in [0.25, 0.3) is 0 Å². The van der Waals surface area contributed by atoms with Gasteiger partial charge in [-0.1, -0.05) is 36.4 Å². The van der Waals surface area contributed by atoms with Crippen molar-refractivity contribution in [3.63, 3.8) is 0 Å². The molecule has 112 valence electrons. The first-order valence-corrected chi connectivity index (χ1v) is 7.14. The van der Waals surface area contributed by atoms with E-state index in [1.807, 2.05) is 59.5 Å². The first kappa shape index (κ1) is 14.1. The maximum atomic E-state index is 10.7. The van der Waals surface area contributed by atoms with Crippen molar-refractivity contribution in [3.8, 4) is 5.75 Å². The van der Waals surface area contributed by atoms with Gasteiger partial charge in [-0.15, -0.1) is 0 Å². The Hall–Kier alpha value is -2.82. The van der Waals surface area contributed by atoms with E-state index >= 15 is 0 Å². The number of hydrogen-bond acceptors (Lipinski definition) is 4. The fourth-order valence-corrected chi connectivity index (χ4v) is 2.22. The van der Waals surface area contributed by atoms with E-state index in [0.29, 0.717) is 19.7 Å². The number of hydrazone groups is 1. The number of amides is 1. The molecule has 22 heavy (non-hydrogen) atoms. The fourth-order valence-electron chi connectivity index (χ4n) is 2.22. The van der Waals surface area contributed by atoms with Crippen molar-refractivity contribution in [3.05, 3.63) is 60.2 Å². The van der Waals surface area contributed by atoms with Gasteiger partial charge < -0.3 is 9.64 Å². The molecule has 0 atom stereocenters. The summed E-state index contributed by atoms with van der Waals surface area (Å²) in [7, 11) is 0. The van der Waals surface area contributed by atoms with Crippen molar-refractivity contribution in [1.82, 2.24) is 5.01 Å². The zero-order valence-corrected chi connectivity index (χ0v) is 12.1. The first-order valence-electron chi connectivity index (χ1n) is 7.14. The molecule has 1 heterocycles. The van der Waals surface area contributed by atoms with E-state index in [1.165, 1.54) is 5.01 Å². The summed E-state index contributed by atoms with van der Waals surface area (Å²) in [6.07, 6.45) is 2.39. The number of carbonyl (C=O) groups is 1. The Morgan fingerprint density at radius 1 is 1.09 bits per heavy atom. The molecule has 1 amide bonds. The van der Waals surface area contributed by atoms with Gasteiger partial charge in [-0.2, -0.15) is 5.10 Å². The van der Waals surface area contributed by atoms with Crippen LogP contribution in [0.5, 0.6) is 5.75 Å². The molecule has 0 aromatic heterocycles. The molecule has 5 nitrogen and oxygen atoms in total. The minimum Gasteiger partial charge on any atom is -0.489 e. The number of rotatable bonds is 5. The maximum absolute atomic E-state index is 10.7. The van der Waals surface area contributed by atoms with Crippen molar-refractivity contribution in [2.75, 3.05) is 18.0 Å². The van der Waals surface area contributed by atoms with Gasteiger partial charge in [0.25, 0.3) is 0 Å². The SMILES string of the molecule is O=CN1CCN(c2cccc(OCc3ccccc3)c2)C=N1. The van der Waals surface area contributed by atoms with Gasteiger partial charge in [-0.3, -0.25) is 4.79 Å². The Kier molecular flexibility index (Phi) is 4.34. The summed E-state index contributed by atoms with van der Waals surface area (Å²) < 4.78 is 5.83. The fraction of sp³-hybridized carbons (Fsp3) is 0.176. The summed E-state index contributed by atoms with van der Waals surface area (Å²) in [5, 5.41) is 5.44. The van der Waals surface area contributed by atoms with Gasteiger partial charge >= 0.3 is 0 Å². The van der Waals surface area contributed by atoms with Crippen LogP contribution in [0.1, 0.15) is 5.56 Å². The highest BCUT2D eigenvalue weighted by atomic mass is 16.5. The molecule has 0 aliphatic carbocycles. The summed E-state index contributed by atoms with van der Waals surface area (Å²) in [6, 6.07) is 17.9. The Balaban J connectivity index is 1.66. The van der Waals surface area contributed by atoms with E-state index in [0.717, 1.165) is 23.4 Å². The van der Waals surface area contributed by atoms with Gasteiger partial charge in [-0.05, 0) is 17.7 Å². The molecule has 5 heteroatoms. The van der Waals surface area contributed by atoms with E-state index in [9.17, 15) is 4.79 Å². The average molecular weight is 295 g/mol. The maximum Gasteiger partial charge on any atom is 0.229 e. The molecule has 1 aliphatic heterocycles. The molecular formula is C17H17N3O2. The molecule has 0 fully saturated rings. The molecule has 0 N–H and O–H groups in total. The number of anilines is 1. The van der Waals surface area contributed by atoms with Gasteiger partial charge in [0.2, 0.25) is 6.41 Å². The van der Waals surface area contributed by atoms with E-state index in [2.05, 4.69) is 5.10 Å². The molecule has 0 bridgehead atoms. The van der Waals surface area contributed by atoms with Crippen LogP contribution < -0.4 is 9.64 Å². The first-order chi connectivity index (χ1) is 10.8. The third kappa shape index (κ3) is 3.44. The lowest BCUT2D eigenvalue weighted by molar-refractivity contribution is -0.118. The zero-order chi connectivity index (χ0) is 15.2. The van der Waals surface area contributed by atoms with Crippen molar-refractivity contribution < 1.29 is 9.53 Å². The molecular weight excluding hydrogens is 278 g/mol. The number of nitrogens with zero attached hydrogens (tertiary/aromatic N) is 3. The lowest BCUT2D eigenvalue weighted by atomic mass is 10.2. The zero-order valence-electron chi connectivity index (χ0n) is 12.1. The van der Waals surface area contributed by atoms with Crippen LogP contribution in [-0.2, 0) is 11.4 Å². The number of benzene rings is 2. The molecule has 1 aliphatic rings. The lowest BCUT2D eigenvalue weighted by Crippen LogP contribution is -2.37. The topological polar surface area (TPSA) is 45.1 Å². The van der Waals surface area contributed by atoms with Crippen LogP contribution in [0.15, 0.2) is 59.7 Å².